The highest BCUT2D eigenvalue weighted by atomic mass is 32.1. The number of nitrogens with zero attached hydrogens (tertiary/aromatic N) is 1. The summed E-state index contributed by atoms with van der Waals surface area (Å²) in [5.41, 5.74) is 8.21. The third-order valence-electron chi connectivity index (χ3n) is 3.82. The molecule has 0 atom stereocenters. The molecule has 1 amide bonds. The molecule has 130 valence electrons. The third-order valence-corrected chi connectivity index (χ3v) is 4.93. The van der Waals surface area contributed by atoms with Crippen molar-refractivity contribution in [3.8, 4) is 5.75 Å². The molecule has 1 aromatic carbocycles. The van der Waals surface area contributed by atoms with Crippen LogP contribution in [0.4, 0.5) is 11.4 Å². The summed E-state index contributed by atoms with van der Waals surface area (Å²) in [4.78, 5) is 18.2. The van der Waals surface area contributed by atoms with E-state index in [1.165, 1.54) is 11.3 Å². The highest BCUT2D eigenvalue weighted by molar-refractivity contribution is 7.21. The monoisotopic (exact) mass is 355 g/mol. The van der Waals surface area contributed by atoms with E-state index in [0.29, 0.717) is 22.9 Å². The lowest BCUT2D eigenvalue weighted by molar-refractivity contribution is 0.103. The first kappa shape index (κ1) is 17.2. The number of anilines is 2. The number of rotatable bonds is 6. The van der Waals surface area contributed by atoms with Crippen LogP contribution in [0.15, 0.2) is 36.4 Å². The van der Waals surface area contributed by atoms with Gasteiger partial charge in [0.1, 0.15) is 15.5 Å². The van der Waals surface area contributed by atoms with Crippen molar-refractivity contribution in [2.45, 2.75) is 26.7 Å². The Bertz CT molecular complexity index is 888. The van der Waals surface area contributed by atoms with Gasteiger partial charge in [0.2, 0.25) is 0 Å². The average Bonchev–Trinajstić information content (AvgIpc) is 2.93. The minimum atomic E-state index is -0.224. The van der Waals surface area contributed by atoms with Gasteiger partial charge in [-0.1, -0.05) is 13.3 Å². The van der Waals surface area contributed by atoms with Crippen LogP contribution in [-0.2, 0) is 0 Å². The number of unbranched alkanes of at least 4 members (excludes halogenated alkanes) is 1. The van der Waals surface area contributed by atoms with Crippen LogP contribution in [0.2, 0.25) is 0 Å². The fourth-order valence-electron chi connectivity index (χ4n) is 2.42. The Morgan fingerprint density at radius 3 is 2.72 bits per heavy atom. The lowest BCUT2D eigenvalue weighted by atomic mass is 10.2. The van der Waals surface area contributed by atoms with E-state index in [-0.39, 0.29) is 5.91 Å². The summed E-state index contributed by atoms with van der Waals surface area (Å²) >= 11 is 1.31. The van der Waals surface area contributed by atoms with E-state index in [0.717, 1.165) is 34.5 Å². The number of pyridine rings is 1. The smallest absolute Gasteiger partial charge is 0.267 e. The Morgan fingerprint density at radius 2 is 2.00 bits per heavy atom. The molecule has 6 heteroatoms. The van der Waals surface area contributed by atoms with Crippen molar-refractivity contribution in [1.29, 1.82) is 0 Å². The molecular weight excluding hydrogens is 334 g/mol. The number of aromatic nitrogens is 1. The number of ether oxygens (including phenoxy) is 1. The number of hydrogen-bond acceptors (Lipinski definition) is 5. The molecular formula is C19H21N3O2S. The molecule has 0 unspecified atom stereocenters. The molecule has 5 nitrogen and oxygen atoms in total. The summed E-state index contributed by atoms with van der Waals surface area (Å²) in [6.45, 7) is 4.74. The third kappa shape index (κ3) is 3.91. The molecule has 0 bridgehead atoms. The van der Waals surface area contributed by atoms with Gasteiger partial charge in [0.25, 0.3) is 5.91 Å². The van der Waals surface area contributed by atoms with E-state index in [1.807, 2.05) is 43.3 Å². The number of carbonyl (C=O) groups excluding carboxylic acids is 1. The van der Waals surface area contributed by atoms with Crippen molar-refractivity contribution in [3.05, 3.63) is 47.0 Å². The molecule has 2 heterocycles. The molecule has 3 rings (SSSR count). The van der Waals surface area contributed by atoms with Gasteiger partial charge in [-0.25, -0.2) is 4.98 Å². The number of carbonyl (C=O) groups is 1. The zero-order valence-corrected chi connectivity index (χ0v) is 15.2. The molecule has 2 aromatic heterocycles. The van der Waals surface area contributed by atoms with Crippen LogP contribution in [0.5, 0.6) is 5.75 Å². The Hall–Kier alpha value is -2.60. The van der Waals surface area contributed by atoms with Crippen LogP contribution in [-0.4, -0.2) is 17.5 Å². The predicted molar refractivity (Wildman–Crippen MR) is 104 cm³/mol. The van der Waals surface area contributed by atoms with Gasteiger partial charge in [-0.15, -0.1) is 11.3 Å². The first-order chi connectivity index (χ1) is 12.1. The minimum absolute atomic E-state index is 0.224. The lowest BCUT2D eigenvalue weighted by Crippen LogP contribution is -2.11. The molecule has 0 radical (unpaired) electrons. The van der Waals surface area contributed by atoms with Crippen LogP contribution < -0.4 is 15.8 Å². The van der Waals surface area contributed by atoms with E-state index >= 15 is 0 Å². The van der Waals surface area contributed by atoms with Crippen LogP contribution in [0.3, 0.4) is 0 Å². The zero-order chi connectivity index (χ0) is 17.8. The number of aryl methyl sites for hydroxylation is 1. The maximum absolute atomic E-state index is 12.5. The van der Waals surface area contributed by atoms with Gasteiger partial charge in [-0.3, -0.25) is 4.79 Å². The summed E-state index contributed by atoms with van der Waals surface area (Å²) < 4.78 is 5.62. The first-order valence-corrected chi connectivity index (χ1v) is 9.10. The number of nitrogens with two attached hydrogens (primary N) is 1. The van der Waals surface area contributed by atoms with Gasteiger partial charge in [-0.2, -0.15) is 0 Å². The Morgan fingerprint density at radius 1 is 1.24 bits per heavy atom. The van der Waals surface area contributed by atoms with Gasteiger partial charge >= 0.3 is 0 Å². The summed E-state index contributed by atoms with van der Waals surface area (Å²) in [5, 5.41) is 3.70. The van der Waals surface area contributed by atoms with E-state index in [1.54, 1.807) is 0 Å². The second-order valence-corrected chi connectivity index (χ2v) is 6.83. The molecule has 0 saturated heterocycles. The molecule has 25 heavy (non-hydrogen) atoms. The van der Waals surface area contributed by atoms with E-state index in [4.69, 9.17) is 10.5 Å². The maximum Gasteiger partial charge on any atom is 0.267 e. The van der Waals surface area contributed by atoms with Crippen LogP contribution >= 0.6 is 11.3 Å². The summed E-state index contributed by atoms with van der Waals surface area (Å²) in [7, 11) is 0. The molecule has 0 aliphatic heterocycles. The normalized spacial score (nSPS) is 10.8. The standard InChI is InChI=1S/C19H21N3O2S/c1-3-4-11-24-14-8-6-13(7-9-14)22-18(23)17-16(20)15-10-5-12(2)21-19(15)25-17/h5-10H,3-4,11,20H2,1-2H3,(H,22,23). The van der Waals surface area contributed by atoms with E-state index in [9.17, 15) is 4.79 Å². The van der Waals surface area contributed by atoms with Crippen molar-refractivity contribution in [3.63, 3.8) is 0 Å². The van der Waals surface area contributed by atoms with Crippen molar-refractivity contribution in [2.24, 2.45) is 0 Å². The molecule has 3 aromatic rings. The van der Waals surface area contributed by atoms with Crippen LogP contribution in [0, 0.1) is 6.92 Å². The number of benzene rings is 1. The fraction of sp³-hybridized carbons (Fsp3) is 0.263. The average molecular weight is 355 g/mol. The van der Waals surface area contributed by atoms with E-state index < -0.39 is 0 Å². The Labute approximate surface area is 150 Å². The predicted octanol–water partition coefficient (Wildman–Crippen LogP) is 4.62. The SMILES string of the molecule is CCCCOc1ccc(NC(=O)c2sc3nc(C)ccc3c2N)cc1. The van der Waals surface area contributed by atoms with Crippen LogP contribution in [0.1, 0.15) is 35.1 Å². The zero-order valence-electron chi connectivity index (χ0n) is 14.3. The second kappa shape index (κ2) is 7.53. The molecule has 0 aliphatic carbocycles. The Kier molecular flexibility index (Phi) is 5.19. The van der Waals surface area contributed by atoms with Gasteiger partial charge in [0, 0.05) is 16.8 Å². The number of fused-ring (bicyclic) bond motifs is 1. The molecule has 3 N–H and O–H groups in total. The van der Waals surface area contributed by atoms with Crippen molar-refractivity contribution in [1.82, 2.24) is 4.98 Å². The highest BCUT2D eigenvalue weighted by Crippen LogP contribution is 2.33. The number of amides is 1. The minimum Gasteiger partial charge on any atom is -0.494 e. The number of nitrogens with one attached hydrogen (secondary N) is 1. The molecule has 0 fully saturated rings. The van der Waals surface area contributed by atoms with Crippen molar-refractivity contribution >= 4 is 38.8 Å². The number of thiophene rings is 1. The quantitative estimate of drug-likeness (QED) is 0.633. The summed E-state index contributed by atoms with van der Waals surface area (Å²) in [6, 6.07) is 11.2. The molecule has 0 saturated carbocycles. The van der Waals surface area contributed by atoms with Crippen LogP contribution in [0.25, 0.3) is 10.2 Å². The van der Waals surface area contributed by atoms with Gasteiger partial charge in [0.05, 0.1) is 12.3 Å². The maximum atomic E-state index is 12.5. The molecule has 0 spiro atoms. The number of nitrogen functional groups attached to an aromatic ring is 1. The van der Waals surface area contributed by atoms with Gasteiger partial charge in [0.15, 0.2) is 0 Å². The van der Waals surface area contributed by atoms with Gasteiger partial charge < -0.3 is 15.8 Å². The topological polar surface area (TPSA) is 77.2 Å². The van der Waals surface area contributed by atoms with E-state index in [2.05, 4.69) is 17.2 Å². The second-order valence-electron chi connectivity index (χ2n) is 5.83. The first-order valence-electron chi connectivity index (χ1n) is 8.28. The summed E-state index contributed by atoms with van der Waals surface area (Å²) in [6.07, 6.45) is 2.12. The Balaban J connectivity index is 1.73. The highest BCUT2D eigenvalue weighted by Gasteiger charge is 2.17. The fourth-order valence-corrected chi connectivity index (χ4v) is 3.45. The largest absolute Gasteiger partial charge is 0.494 e. The number of hydrogen-bond donors (Lipinski definition) is 2. The van der Waals surface area contributed by atoms with Crippen molar-refractivity contribution < 1.29 is 9.53 Å². The lowest BCUT2D eigenvalue weighted by Gasteiger charge is -2.07. The van der Waals surface area contributed by atoms with Crippen molar-refractivity contribution in [2.75, 3.05) is 17.7 Å². The summed E-state index contributed by atoms with van der Waals surface area (Å²) in [5.74, 6) is 0.574. The van der Waals surface area contributed by atoms with Gasteiger partial charge in [-0.05, 0) is 49.7 Å². The molecule has 0 aliphatic rings.